The van der Waals surface area contributed by atoms with E-state index in [9.17, 15) is 24.3 Å². The van der Waals surface area contributed by atoms with Gasteiger partial charge in [-0.15, -0.1) is 0 Å². The van der Waals surface area contributed by atoms with Gasteiger partial charge in [-0.2, -0.15) is 0 Å². The van der Waals surface area contributed by atoms with E-state index in [1.807, 2.05) is 56.4 Å². The van der Waals surface area contributed by atoms with Crippen molar-refractivity contribution in [2.75, 3.05) is 7.11 Å². The second kappa shape index (κ2) is 17.5. The van der Waals surface area contributed by atoms with E-state index in [1.165, 1.54) is 21.8 Å². The van der Waals surface area contributed by atoms with E-state index >= 15 is 0 Å². The summed E-state index contributed by atoms with van der Waals surface area (Å²) in [4.78, 5) is 72.3. The van der Waals surface area contributed by atoms with Crippen LogP contribution in [-0.4, -0.2) is 86.9 Å². The summed E-state index contributed by atoms with van der Waals surface area (Å²) in [5.41, 5.74) is 8.39. The largest absolute Gasteiger partial charge is 0.465 e. The van der Waals surface area contributed by atoms with Crippen LogP contribution in [0.4, 0.5) is 9.59 Å². The molecule has 0 spiro atoms. The fourth-order valence-corrected chi connectivity index (χ4v) is 8.59. The van der Waals surface area contributed by atoms with Gasteiger partial charge >= 0.3 is 12.2 Å². The van der Waals surface area contributed by atoms with Crippen LogP contribution in [0, 0.1) is 11.8 Å². The van der Waals surface area contributed by atoms with Crippen molar-refractivity contribution in [2.24, 2.45) is 11.8 Å². The first kappa shape index (κ1) is 45.0. The number of benzene rings is 3. The Bertz CT molecular complexity index is 3210. The van der Waals surface area contributed by atoms with Crippen LogP contribution in [0.1, 0.15) is 75.4 Å². The molecule has 8 aromatic rings. The second-order valence-electron chi connectivity index (χ2n) is 18.6. The summed E-state index contributed by atoms with van der Waals surface area (Å²) < 4.78 is 16.8. The Labute approximate surface area is 391 Å². The number of H-pyrrole nitrogens is 2. The number of imidazole rings is 3. The lowest BCUT2D eigenvalue weighted by atomic mass is 9.86. The van der Waals surface area contributed by atoms with Gasteiger partial charge in [0.15, 0.2) is 11.6 Å². The van der Waals surface area contributed by atoms with E-state index in [0.29, 0.717) is 45.8 Å². The van der Waals surface area contributed by atoms with Gasteiger partial charge in [0.2, 0.25) is 6.23 Å². The maximum Gasteiger partial charge on any atom is 0.407 e. The molecular weight excluding hydrogens is 865 g/mol. The predicted octanol–water partition coefficient (Wildman–Crippen LogP) is 9.61. The summed E-state index contributed by atoms with van der Waals surface area (Å²) >= 11 is 0. The molecule has 17 nitrogen and oxygen atoms in total. The van der Waals surface area contributed by atoms with Gasteiger partial charge in [0.05, 0.1) is 58.9 Å². The van der Waals surface area contributed by atoms with Crippen LogP contribution in [0.15, 0.2) is 110 Å². The first-order valence-corrected chi connectivity index (χ1v) is 22.3. The van der Waals surface area contributed by atoms with Crippen LogP contribution in [0.25, 0.3) is 68.0 Å². The van der Waals surface area contributed by atoms with Crippen LogP contribution < -0.4 is 15.4 Å². The standard InChI is InChI=1S/C51H52N10O7/c1-27(2)41(57-49(64)65)46(62)59-21-9-11-37(59)43-52-25-36(56-43)30-15-19-33-40(24-30)68-48(29-13-17-32(18-14-29)51(5,6)7)61-39(26-53-45(33)61)31-16-20-34-35(23-31)55-44(54-34)38-12-10-22-60(38)47(63)42(28(3)4)58-50(66)67-8/h9-28,41-42,48,57H,1-8H3,(H,52,56)(H,54,55)(H,58,66)(H,64,65)/t41-,42-,48-/m0/s1. The van der Waals surface area contributed by atoms with E-state index in [-0.39, 0.29) is 23.2 Å². The topological polar surface area (TPSA) is 216 Å². The highest BCUT2D eigenvalue weighted by Crippen LogP contribution is 2.45. The molecular formula is C51H52N10O7. The Hall–Kier alpha value is -8.21. The molecule has 9 rings (SSSR count). The molecule has 0 unspecified atom stereocenters. The minimum atomic E-state index is -1.28. The zero-order chi connectivity index (χ0) is 48.2. The van der Waals surface area contributed by atoms with E-state index in [0.717, 1.165) is 33.5 Å². The van der Waals surface area contributed by atoms with Crippen molar-refractivity contribution in [3.05, 3.63) is 121 Å². The van der Waals surface area contributed by atoms with Crippen LogP contribution in [-0.2, 0) is 10.2 Å². The maximum atomic E-state index is 13.8. The monoisotopic (exact) mass is 916 g/mol. The first-order chi connectivity index (χ1) is 32.5. The molecule has 68 heavy (non-hydrogen) atoms. The predicted molar refractivity (Wildman–Crippen MR) is 256 cm³/mol. The molecule has 0 bridgehead atoms. The third-order valence-electron chi connectivity index (χ3n) is 12.3. The Morgan fingerprint density at radius 1 is 0.750 bits per heavy atom. The van der Waals surface area contributed by atoms with Crippen molar-refractivity contribution in [1.82, 2.24) is 49.3 Å². The fraction of sp³-hybridized carbons (Fsp3) is 0.275. The molecule has 1 aliphatic heterocycles. The Morgan fingerprint density at radius 3 is 2.03 bits per heavy atom. The molecule has 5 aromatic heterocycles. The quantitative estimate of drug-likeness (QED) is 0.0828. The summed E-state index contributed by atoms with van der Waals surface area (Å²) in [5.74, 6) is 0.992. The molecule has 0 aliphatic carbocycles. The number of fused-ring (bicyclic) bond motifs is 4. The third kappa shape index (κ3) is 8.31. The lowest BCUT2D eigenvalue weighted by Crippen LogP contribution is -2.46. The number of carboxylic acid groups (broad SMARTS) is 1. The number of aromatic nitrogens is 8. The molecule has 17 heteroatoms. The van der Waals surface area contributed by atoms with Crippen LogP contribution in [0.2, 0.25) is 0 Å². The van der Waals surface area contributed by atoms with E-state index in [4.69, 9.17) is 19.4 Å². The number of ether oxygens (including phenoxy) is 2. The molecule has 348 valence electrons. The van der Waals surface area contributed by atoms with Gasteiger partial charge in [0.1, 0.15) is 23.7 Å². The lowest BCUT2D eigenvalue weighted by Gasteiger charge is -2.31. The number of hydrogen-bond acceptors (Lipinski definition) is 9. The zero-order valence-electron chi connectivity index (χ0n) is 38.9. The van der Waals surface area contributed by atoms with Crippen LogP contribution in [0.5, 0.6) is 5.75 Å². The van der Waals surface area contributed by atoms with E-state index in [2.05, 4.69) is 75.2 Å². The summed E-state index contributed by atoms with van der Waals surface area (Å²) in [6, 6.07) is 25.5. The Morgan fingerprint density at radius 2 is 1.40 bits per heavy atom. The molecule has 0 saturated heterocycles. The molecule has 6 heterocycles. The first-order valence-electron chi connectivity index (χ1n) is 22.3. The number of methoxy groups -OCH3 is 1. The number of amides is 2. The molecule has 3 atom stereocenters. The minimum Gasteiger partial charge on any atom is -0.465 e. The molecule has 1 aliphatic rings. The van der Waals surface area contributed by atoms with Gasteiger partial charge in [0, 0.05) is 29.1 Å². The lowest BCUT2D eigenvalue weighted by molar-refractivity contribution is 0.0818. The molecule has 3 aromatic carbocycles. The van der Waals surface area contributed by atoms with Gasteiger partial charge in [-0.3, -0.25) is 23.3 Å². The second-order valence-corrected chi connectivity index (χ2v) is 18.6. The Kier molecular flexibility index (Phi) is 11.6. The van der Waals surface area contributed by atoms with Crippen molar-refractivity contribution >= 4 is 35.0 Å². The molecule has 0 radical (unpaired) electrons. The van der Waals surface area contributed by atoms with Crippen molar-refractivity contribution in [2.45, 2.75) is 72.2 Å². The van der Waals surface area contributed by atoms with Crippen molar-refractivity contribution < 1.29 is 33.8 Å². The SMILES string of the molecule is COC(=O)N[C@H](C(=O)n1cccc1-c1nc2ccc(-c3cnc4n3[C@H](c3ccc(C(C)(C)C)cc3)Oc3cc(-c5cnc(-c6cccn6C(=O)[C@@H](NC(=O)O)C(C)C)[nH]5)ccc3-4)cc2[nH]1)C(C)C. The molecule has 5 N–H and O–H groups in total. The minimum absolute atomic E-state index is 0.0640. The highest BCUT2D eigenvalue weighted by Gasteiger charge is 2.33. The number of nitrogens with one attached hydrogen (secondary N) is 4. The van der Waals surface area contributed by atoms with Crippen molar-refractivity contribution in [3.8, 4) is 62.7 Å². The van der Waals surface area contributed by atoms with Gasteiger partial charge in [-0.05, 0) is 71.3 Å². The summed E-state index contributed by atoms with van der Waals surface area (Å²) in [7, 11) is 1.26. The normalized spacial score (nSPS) is 14.3. The third-order valence-corrected chi connectivity index (χ3v) is 12.3. The number of nitrogens with zero attached hydrogens (tertiary/aromatic N) is 6. The highest BCUT2D eigenvalue weighted by molar-refractivity contribution is 5.92. The van der Waals surface area contributed by atoms with Crippen LogP contribution in [0.3, 0.4) is 0 Å². The fourth-order valence-electron chi connectivity index (χ4n) is 8.59. The molecule has 2 amide bonds. The average molecular weight is 917 g/mol. The van der Waals surface area contributed by atoms with Gasteiger partial charge < -0.3 is 35.2 Å². The number of aromatic amines is 2. The van der Waals surface area contributed by atoms with Gasteiger partial charge in [0.25, 0.3) is 11.8 Å². The van der Waals surface area contributed by atoms with Crippen molar-refractivity contribution in [3.63, 3.8) is 0 Å². The Balaban J connectivity index is 1.07. The number of alkyl carbamates (subject to hydrolysis) is 1. The summed E-state index contributed by atoms with van der Waals surface area (Å²) in [6.45, 7) is 13.8. The molecule has 0 saturated carbocycles. The highest BCUT2D eigenvalue weighted by atomic mass is 16.5. The smallest absolute Gasteiger partial charge is 0.407 e. The van der Waals surface area contributed by atoms with Gasteiger partial charge in [-0.1, -0.05) is 84.9 Å². The summed E-state index contributed by atoms with van der Waals surface area (Å²) in [6.07, 6.45) is 4.20. The van der Waals surface area contributed by atoms with Crippen LogP contribution >= 0.6 is 0 Å². The van der Waals surface area contributed by atoms with E-state index in [1.54, 1.807) is 56.7 Å². The number of hydrogen-bond donors (Lipinski definition) is 5. The zero-order valence-corrected chi connectivity index (χ0v) is 38.9. The van der Waals surface area contributed by atoms with Gasteiger partial charge in [-0.25, -0.2) is 24.5 Å². The average Bonchev–Trinajstić information content (AvgIpc) is 4.17. The van der Waals surface area contributed by atoms with Crippen molar-refractivity contribution in [1.29, 1.82) is 0 Å². The summed E-state index contributed by atoms with van der Waals surface area (Å²) in [5, 5.41) is 14.4. The number of carbonyl (C=O) groups is 4. The number of rotatable bonds is 11. The molecule has 0 fully saturated rings. The number of carbonyl (C=O) groups excluding carboxylic acids is 3. The maximum absolute atomic E-state index is 13.8. The van der Waals surface area contributed by atoms with E-state index < -0.39 is 36.4 Å².